The predicted octanol–water partition coefficient (Wildman–Crippen LogP) is 1.34. The maximum atomic E-state index is 12.5. The SMILES string of the molecule is CCN(CC)S(=O)(=O)c1ccc(N/N=C(/CCC(=O)O)C(=O)O)c([N+](=O)[O-])c1. The minimum atomic E-state index is -3.93. The number of hydrogen-bond donors (Lipinski definition) is 3. The first-order chi connectivity index (χ1) is 13.0. The first-order valence-corrected chi connectivity index (χ1v) is 9.54. The molecule has 0 saturated carbocycles. The molecule has 0 radical (unpaired) electrons. The van der Waals surface area contributed by atoms with Crippen LogP contribution in [-0.2, 0) is 19.6 Å². The molecule has 0 fully saturated rings. The van der Waals surface area contributed by atoms with E-state index in [0.29, 0.717) is 0 Å². The number of nitro groups is 1. The molecule has 28 heavy (non-hydrogen) atoms. The van der Waals surface area contributed by atoms with Crippen molar-refractivity contribution in [2.45, 2.75) is 31.6 Å². The number of carbonyl (C=O) groups is 2. The summed E-state index contributed by atoms with van der Waals surface area (Å²) in [5.41, 5.74) is 0.791. The van der Waals surface area contributed by atoms with Gasteiger partial charge in [-0.3, -0.25) is 20.3 Å². The number of rotatable bonds is 11. The van der Waals surface area contributed by atoms with Gasteiger partial charge in [0.1, 0.15) is 11.4 Å². The molecule has 12 nitrogen and oxygen atoms in total. The van der Waals surface area contributed by atoms with Crippen LogP contribution < -0.4 is 5.43 Å². The molecule has 0 aromatic heterocycles. The fourth-order valence-corrected chi connectivity index (χ4v) is 3.67. The molecule has 3 N–H and O–H groups in total. The van der Waals surface area contributed by atoms with Crippen LogP contribution in [0.3, 0.4) is 0 Å². The van der Waals surface area contributed by atoms with Crippen LogP contribution in [-0.4, -0.2) is 58.6 Å². The van der Waals surface area contributed by atoms with Crippen molar-refractivity contribution in [2.24, 2.45) is 5.10 Å². The Hall–Kier alpha value is -3.06. The van der Waals surface area contributed by atoms with Gasteiger partial charge in [-0.25, -0.2) is 13.2 Å². The highest BCUT2D eigenvalue weighted by Gasteiger charge is 2.26. The van der Waals surface area contributed by atoms with Gasteiger partial charge in [-0.1, -0.05) is 13.8 Å². The zero-order chi connectivity index (χ0) is 21.5. The molecule has 0 aliphatic carbocycles. The van der Waals surface area contributed by atoms with E-state index >= 15 is 0 Å². The molecule has 1 aromatic carbocycles. The number of sulfonamides is 1. The van der Waals surface area contributed by atoms with Gasteiger partial charge in [-0.05, 0) is 12.1 Å². The quantitative estimate of drug-likeness (QED) is 0.272. The second-order valence-electron chi connectivity index (χ2n) is 5.39. The molecular formula is C15H20N4O8S. The van der Waals surface area contributed by atoms with Crippen molar-refractivity contribution in [3.63, 3.8) is 0 Å². The second kappa shape index (κ2) is 9.75. The normalized spacial score (nSPS) is 12.0. The Morgan fingerprint density at radius 1 is 1.21 bits per heavy atom. The predicted molar refractivity (Wildman–Crippen MR) is 98.8 cm³/mol. The first-order valence-electron chi connectivity index (χ1n) is 8.10. The molecular weight excluding hydrogens is 396 g/mol. The lowest BCUT2D eigenvalue weighted by Gasteiger charge is -2.18. The summed E-state index contributed by atoms with van der Waals surface area (Å²) in [6.07, 6.45) is -0.893. The van der Waals surface area contributed by atoms with Crippen molar-refractivity contribution in [1.29, 1.82) is 0 Å². The summed E-state index contributed by atoms with van der Waals surface area (Å²) >= 11 is 0. The molecule has 154 valence electrons. The van der Waals surface area contributed by atoms with Crippen LogP contribution in [0.2, 0.25) is 0 Å². The van der Waals surface area contributed by atoms with E-state index in [1.165, 1.54) is 0 Å². The molecule has 1 aromatic rings. The number of nitrogens with one attached hydrogen (secondary N) is 1. The largest absolute Gasteiger partial charge is 0.481 e. The van der Waals surface area contributed by atoms with Crippen molar-refractivity contribution in [3.8, 4) is 0 Å². The number of hydrazone groups is 1. The lowest BCUT2D eigenvalue weighted by molar-refractivity contribution is -0.384. The standard InChI is InChI=1S/C15H20N4O8S/c1-3-18(4-2)28(26,27)10-5-6-11(13(9-10)19(24)25)16-17-12(15(22)23)7-8-14(20)21/h5-6,9,16H,3-4,7-8H2,1-2H3,(H,20,21)(H,22,23)/b17-12-. The average molecular weight is 416 g/mol. The van der Waals surface area contributed by atoms with Gasteiger partial charge in [0, 0.05) is 25.6 Å². The summed E-state index contributed by atoms with van der Waals surface area (Å²) < 4.78 is 26.1. The number of carboxylic acids is 2. The van der Waals surface area contributed by atoms with Crippen LogP contribution >= 0.6 is 0 Å². The molecule has 0 bridgehead atoms. The van der Waals surface area contributed by atoms with Crippen molar-refractivity contribution in [2.75, 3.05) is 18.5 Å². The minimum absolute atomic E-state index is 0.183. The van der Waals surface area contributed by atoms with E-state index in [1.807, 2.05) is 0 Å². The van der Waals surface area contributed by atoms with Crippen molar-refractivity contribution < 1.29 is 33.1 Å². The molecule has 0 aliphatic heterocycles. The topological polar surface area (TPSA) is 180 Å². The summed E-state index contributed by atoms with van der Waals surface area (Å²) in [5.74, 6) is -2.72. The number of carboxylic acid groups (broad SMARTS) is 2. The number of anilines is 1. The second-order valence-corrected chi connectivity index (χ2v) is 7.33. The maximum Gasteiger partial charge on any atom is 0.352 e. The van der Waals surface area contributed by atoms with Crippen LogP contribution in [0.15, 0.2) is 28.2 Å². The monoisotopic (exact) mass is 416 g/mol. The van der Waals surface area contributed by atoms with Crippen molar-refractivity contribution in [3.05, 3.63) is 28.3 Å². The highest BCUT2D eigenvalue weighted by molar-refractivity contribution is 7.89. The van der Waals surface area contributed by atoms with E-state index < -0.39 is 51.1 Å². The maximum absolute atomic E-state index is 12.5. The molecule has 0 amide bonds. The summed E-state index contributed by atoms with van der Waals surface area (Å²) in [6.45, 7) is 3.63. The summed E-state index contributed by atoms with van der Waals surface area (Å²) in [6, 6.07) is 3.08. The third-order valence-electron chi connectivity index (χ3n) is 3.64. The number of nitrogens with zero attached hydrogens (tertiary/aromatic N) is 3. The lowest BCUT2D eigenvalue weighted by atomic mass is 10.2. The number of benzene rings is 1. The Morgan fingerprint density at radius 3 is 2.29 bits per heavy atom. The molecule has 0 spiro atoms. The van der Waals surface area contributed by atoms with Gasteiger partial charge >= 0.3 is 11.9 Å². The lowest BCUT2D eigenvalue weighted by Crippen LogP contribution is -2.30. The molecule has 0 aliphatic rings. The van der Waals surface area contributed by atoms with E-state index in [9.17, 15) is 28.1 Å². The van der Waals surface area contributed by atoms with Crippen LogP contribution in [0.5, 0.6) is 0 Å². The fraction of sp³-hybridized carbons (Fsp3) is 0.400. The molecule has 0 unspecified atom stereocenters. The Labute approximate surface area is 160 Å². The highest BCUT2D eigenvalue weighted by Crippen LogP contribution is 2.29. The third-order valence-corrected chi connectivity index (χ3v) is 5.69. The van der Waals surface area contributed by atoms with Crippen LogP contribution in [0, 0.1) is 10.1 Å². The molecule has 1 rings (SSSR count). The van der Waals surface area contributed by atoms with Gasteiger partial charge in [-0.2, -0.15) is 9.41 Å². The van der Waals surface area contributed by atoms with Crippen molar-refractivity contribution >= 4 is 39.0 Å². The molecule has 0 heterocycles. The smallest absolute Gasteiger partial charge is 0.352 e. The van der Waals surface area contributed by atoms with E-state index in [1.54, 1.807) is 13.8 Å². The van der Waals surface area contributed by atoms with E-state index in [4.69, 9.17) is 10.2 Å². The van der Waals surface area contributed by atoms with Crippen LogP contribution in [0.25, 0.3) is 0 Å². The average Bonchev–Trinajstić information content (AvgIpc) is 2.61. The summed E-state index contributed by atoms with van der Waals surface area (Å²) in [5, 5.41) is 32.5. The number of aliphatic carboxylic acids is 2. The zero-order valence-corrected chi connectivity index (χ0v) is 16.0. The fourth-order valence-electron chi connectivity index (χ4n) is 2.19. The molecule has 0 saturated heterocycles. The highest BCUT2D eigenvalue weighted by atomic mass is 32.2. The van der Waals surface area contributed by atoms with E-state index in [0.717, 1.165) is 22.5 Å². The Morgan fingerprint density at radius 2 is 1.82 bits per heavy atom. The summed E-state index contributed by atoms with van der Waals surface area (Å²) in [7, 11) is -3.93. The van der Waals surface area contributed by atoms with Gasteiger partial charge in [0.15, 0.2) is 0 Å². The van der Waals surface area contributed by atoms with Gasteiger partial charge in [0.2, 0.25) is 10.0 Å². The molecule has 13 heteroatoms. The van der Waals surface area contributed by atoms with Crippen molar-refractivity contribution in [1.82, 2.24) is 4.31 Å². The summed E-state index contributed by atoms with van der Waals surface area (Å²) in [4.78, 5) is 31.8. The van der Waals surface area contributed by atoms with Gasteiger partial charge in [0.25, 0.3) is 5.69 Å². The van der Waals surface area contributed by atoms with Gasteiger partial charge in [0.05, 0.1) is 16.2 Å². The Balaban J connectivity index is 3.28. The molecule has 0 atom stereocenters. The Bertz CT molecular complexity index is 893. The van der Waals surface area contributed by atoms with Crippen LogP contribution in [0.1, 0.15) is 26.7 Å². The Kier molecular flexibility index (Phi) is 8.00. The van der Waals surface area contributed by atoms with E-state index in [2.05, 4.69) is 10.5 Å². The zero-order valence-electron chi connectivity index (χ0n) is 15.2. The third kappa shape index (κ3) is 5.72. The van der Waals surface area contributed by atoms with Gasteiger partial charge in [-0.15, -0.1) is 0 Å². The first kappa shape index (κ1) is 23.0. The number of hydrogen-bond acceptors (Lipinski definition) is 8. The number of nitro benzene ring substituents is 1. The minimum Gasteiger partial charge on any atom is -0.481 e. The van der Waals surface area contributed by atoms with Crippen LogP contribution in [0.4, 0.5) is 11.4 Å². The van der Waals surface area contributed by atoms with Gasteiger partial charge < -0.3 is 10.2 Å². The van der Waals surface area contributed by atoms with E-state index in [-0.39, 0.29) is 23.7 Å².